The molecule has 0 saturated heterocycles. The van der Waals surface area contributed by atoms with Gasteiger partial charge in [0, 0.05) is 21.9 Å². The fourth-order valence-electron chi connectivity index (χ4n) is 2.57. The molecule has 2 rings (SSSR count). The molecule has 4 heteroatoms. The first kappa shape index (κ1) is 15.3. The van der Waals surface area contributed by atoms with Crippen LogP contribution in [0.5, 0.6) is 5.75 Å². The Morgan fingerprint density at radius 2 is 1.89 bits per heavy atom. The molecule has 0 bridgehead atoms. The Bertz CT molecular complexity index is 382. The molecule has 0 amide bonds. The SMILES string of the molecule is CN(CCOc1ccc(Br)cc1)C1CCCCC1Br. The molecule has 106 valence electrons. The number of ether oxygens (including phenoxy) is 1. The molecule has 2 nitrogen and oxygen atoms in total. The van der Waals surface area contributed by atoms with Crippen LogP contribution in [0.25, 0.3) is 0 Å². The third-order valence-corrected chi connectivity index (χ3v) is 5.34. The lowest BCUT2D eigenvalue weighted by molar-refractivity contribution is 0.166. The summed E-state index contributed by atoms with van der Waals surface area (Å²) in [5.41, 5.74) is 0. The zero-order chi connectivity index (χ0) is 13.7. The highest BCUT2D eigenvalue weighted by atomic mass is 79.9. The van der Waals surface area contributed by atoms with Crippen molar-refractivity contribution in [2.75, 3.05) is 20.2 Å². The van der Waals surface area contributed by atoms with E-state index in [0.29, 0.717) is 10.9 Å². The van der Waals surface area contributed by atoms with Crippen molar-refractivity contribution < 1.29 is 4.74 Å². The molecule has 2 unspecified atom stereocenters. The van der Waals surface area contributed by atoms with Crippen molar-refractivity contribution in [3.63, 3.8) is 0 Å². The van der Waals surface area contributed by atoms with Crippen molar-refractivity contribution in [2.24, 2.45) is 0 Å². The van der Waals surface area contributed by atoms with E-state index in [-0.39, 0.29) is 0 Å². The summed E-state index contributed by atoms with van der Waals surface area (Å²) in [6.45, 7) is 1.72. The average molecular weight is 391 g/mol. The Hall–Kier alpha value is -0.0600. The van der Waals surface area contributed by atoms with E-state index in [2.05, 4.69) is 43.8 Å². The van der Waals surface area contributed by atoms with Crippen molar-refractivity contribution in [3.05, 3.63) is 28.7 Å². The van der Waals surface area contributed by atoms with E-state index in [4.69, 9.17) is 4.74 Å². The minimum Gasteiger partial charge on any atom is -0.492 e. The predicted octanol–water partition coefficient (Wildman–Crippen LogP) is 4.47. The van der Waals surface area contributed by atoms with Crippen LogP contribution in [-0.2, 0) is 0 Å². The van der Waals surface area contributed by atoms with Gasteiger partial charge >= 0.3 is 0 Å². The van der Waals surface area contributed by atoms with Crippen LogP contribution in [0.4, 0.5) is 0 Å². The van der Waals surface area contributed by atoms with Crippen LogP contribution in [0, 0.1) is 0 Å². The van der Waals surface area contributed by atoms with Gasteiger partial charge in [-0.3, -0.25) is 4.90 Å². The fraction of sp³-hybridized carbons (Fsp3) is 0.600. The van der Waals surface area contributed by atoms with Gasteiger partial charge in [-0.1, -0.05) is 44.7 Å². The van der Waals surface area contributed by atoms with Crippen LogP contribution >= 0.6 is 31.9 Å². The molecule has 1 aromatic rings. The zero-order valence-corrected chi connectivity index (χ0v) is 14.5. The quantitative estimate of drug-likeness (QED) is 0.688. The summed E-state index contributed by atoms with van der Waals surface area (Å²) in [6, 6.07) is 8.67. The van der Waals surface area contributed by atoms with E-state index in [1.165, 1.54) is 25.7 Å². The number of alkyl halides is 1. The normalized spacial score (nSPS) is 23.6. The highest BCUT2D eigenvalue weighted by Gasteiger charge is 2.25. The Labute approximate surface area is 132 Å². The van der Waals surface area contributed by atoms with Crippen molar-refractivity contribution in [2.45, 2.75) is 36.6 Å². The first-order chi connectivity index (χ1) is 9.16. The lowest BCUT2D eigenvalue weighted by Crippen LogP contribution is -2.42. The average Bonchev–Trinajstić information content (AvgIpc) is 2.41. The summed E-state index contributed by atoms with van der Waals surface area (Å²) in [7, 11) is 2.20. The third kappa shape index (κ3) is 4.76. The number of halogens is 2. The summed E-state index contributed by atoms with van der Waals surface area (Å²) >= 11 is 7.24. The second-order valence-electron chi connectivity index (χ2n) is 5.15. The summed E-state index contributed by atoms with van der Waals surface area (Å²) in [5.74, 6) is 0.940. The zero-order valence-electron chi connectivity index (χ0n) is 11.3. The minimum absolute atomic E-state index is 0.638. The van der Waals surface area contributed by atoms with Gasteiger partial charge in [0.15, 0.2) is 0 Å². The van der Waals surface area contributed by atoms with Gasteiger partial charge in [-0.2, -0.15) is 0 Å². The number of benzene rings is 1. The molecule has 1 aliphatic carbocycles. The molecule has 1 saturated carbocycles. The molecule has 1 aromatic carbocycles. The first-order valence-corrected chi connectivity index (χ1v) is 8.60. The predicted molar refractivity (Wildman–Crippen MR) is 87.2 cm³/mol. The van der Waals surface area contributed by atoms with Crippen LogP contribution in [-0.4, -0.2) is 36.0 Å². The van der Waals surface area contributed by atoms with Crippen molar-refractivity contribution in [3.8, 4) is 5.75 Å². The number of rotatable bonds is 5. The van der Waals surface area contributed by atoms with Gasteiger partial charge in [-0.05, 0) is 44.2 Å². The molecule has 0 heterocycles. The van der Waals surface area contributed by atoms with Crippen molar-refractivity contribution >= 4 is 31.9 Å². The monoisotopic (exact) mass is 389 g/mol. The largest absolute Gasteiger partial charge is 0.492 e. The molecule has 0 radical (unpaired) electrons. The van der Waals surface area contributed by atoms with Crippen LogP contribution in [0.1, 0.15) is 25.7 Å². The Morgan fingerprint density at radius 3 is 2.58 bits per heavy atom. The van der Waals surface area contributed by atoms with Crippen LogP contribution < -0.4 is 4.74 Å². The molecular weight excluding hydrogens is 370 g/mol. The van der Waals surface area contributed by atoms with Gasteiger partial charge in [0.05, 0.1) is 0 Å². The lowest BCUT2D eigenvalue weighted by Gasteiger charge is -2.35. The number of hydrogen-bond donors (Lipinski definition) is 0. The highest BCUT2D eigenvalue weighted by Crippen LogP contribution is 2.27. The van der Waals surface area contributed by atoms with E-state index < -0.39 is 0 Å². The van der Waals surface area contributed by atoms with Gasteiger partial charge in [-0.15, -0.1) is 0 Å². The summed E-state index contributed by atoms with van der Waals surface area (Å²) in [4.78, 5) is 3.07. The van der Waals surface area contributed by atoms with Crippen LogP contribution in [0.3, 0.4) is 0 Å². The molecule has 0 spiro atoms. The number of hydrogen-bond acceptors (Lipinski definition) is 2. The Balaban J connectivity index is 1.74. The summed E-state index contributed by atoms with van der Waals surface area (Å²) < 4.78 is 6.86. The topological polar surface area (TPSA) is 12.5 Å². The second-order valence-corrected chi connectivity index (χ2v) is 7.24. The maximum absolute atomic E-state index is 5.78. The van der Waals surface area contributed by atoms with Gasteiger partial charge < -0.3 is 4.74 Å². The molecule has 2 atom stereocenters. The third-order valence-electron chi connectivity index (χ3n) is 3.74. The maximum atomic E-state index is 5.78. The molecule has 19 heavy (non-hydrogen) atoms. The minimum atomic E-state index is 0.638. The highest BCUT2D eigenvalue weighted by molar-refractivity contribution is 9.10. The van der Waals surface area contributed by atoms with E-state index in [1.807, 2.05) is 24.3 Å². The molecule has 0 aromatic heterocycles. The molecule has 0 aliphatic heterocycles. The molecule has 0 N–H and O–H groups in total. The van der Waals surface area contributed by atoms with Crippen LogP contribution in [0.15, 0.2) is 28.7 Å². The van der Waals surface area contributed by atoms with Gasteiger partial charge in [-0.25, -0.2) is 0 Å². The second kappa shape index (κ2) is 7.65. The summed E-state index contributed by atoms with van der Waals surface area (Å²) in [5, 5.41) is 0. The van der Waals surface area contributed by atoms with E-state index in [0.717, 1.165) is 23.4 Å². The van der Waals surface area contributed by atoms with Gasteiger partial charge in [0.2, 0.25) is 0 Å². The Morgan fingerprint density at radius 1 is 1.21 bits per heavy atom. The standard InChI is InChI=1S/C15H21Br2NO/c1-18(15-5-3-2-4-14(15)17)10-11-19-13-8-6-12(16)7-9-13/h6-9,14-15H,2-5,10-11H2,1H3. The van der Waals surface area contributed by atoms with Gasteiger partial charge in [0.1, 0.15) is 12.4 Å². The maximum Gasteiger partial charge on any atom is 0.119 e. The molecular formula is C15H21Br2NO. The number of nitrogens with zero attached hydrogens (tertiary/aromatic N) is 1. The van der Waals surface area contributed by atoms with Gasteiger partial charge in [0.25, 0.3) is 0 Å². The molecule has 1 aliphatic rings. The van der Waals surface area contributed by atoms with Crippen LogP contribution in [0.2, 0.25) is 0 Å². The fourth-order valence-corrected chi connectivity index (χ4v) is 3.82. The first-order valence-electron chi connectivity index (χ1n) is 6.89. The van der Waals surface area contributed by atoms with Crippen molar-refractivity contribution in [1.82, 2.24) is 4.90 Å². The van der Waals surface area contributed by atoms with E-state index in [9.17, 15) is 0 Å². The van der Waals surface area contributed by atoms with E-state index >= 15 is 0 Å². The molecule has 1 fully saturated rings. The van der Waals surface area contributed by atoms with Crippen molar-refractivity contribution in [1.29, 1.82) is 0 Å². The van der Waals surface area contributed by atoms with E-state index in [1.54, 1.807) is 0 Å². The smallest absolute Gasteiger partial charge is 0.119 e. The lowest BCUT2D eigenvalue weighted by atomic mass is 9.94. The Kier molecular flexibility index (Phi) is 6.17. The summed E-state index contributed by atoms with van der Waals surface area (Å²) in [6.07, 6.45) is 5.30. The number of likely N-dealkylation sites (N-methyl/N-ethyl adjacent to an activating group) is 1.